The second-order valence-electron chi connectivity index (χ2n) is 3.45. The van der Waals surface area contributed by atoms with E-state index in [1.54, 1.807) is 0 Å². The van der Waals surface area contributed by atoms with Crippen LogP contribution in [0.15, 0.2) is 23.8 Å². The van der Waals surface area contributed by atoms with Crippen LogP contribution >= 0.6 is 0 Å². The van der Waals surface area contributed by atoms with Crippen molar-refractivity contribution in [2.24, 2.45) is 0 Å². The second-order valence-corrected chi connectivity index (χ2v) is 3.45. The molecule has 0 aromatic heterocycles. The molecular formula is C12H16O. The van der Waals surface area contributed by atoms with Crippen molar-refractivity contribution in [3.63, 3.8) is 0 Å². The molecule has 0 saturated carbocycles. The zero-order chi connectivity index (χ0) is 9.84. The molecule has 1 rings (SSSR count). The van der Waals surface area contributed by atoms with Crippen LogP contribution in [0, 0.1) is 13.8 Å². The standard InChI is InChI=1S/C12H16O/c1-9(8-13)7-12-10(2)5-4-6-11(12)3/h4-7,13H,8H2,1-3H3/b9-7-. The summed E-state index contributed by atoms with van der Waals surface area (Å²) in [6.07, 6.45) is 2.05. The fourth-order valence-electron chi connectivity index (χ4n) is 1.35. The number of aryl methyl sites for hydroxylation is 2. The molecule has 0 unspecified atom stereocenters. The molecule has 0 saturated heterocycles. The lowest BCUT2D eigenvalue weighted by Gasteiger charge is -2.05. The van der Waals surface area contributed by atoms with E-state index in [1.165, 1.54) is 16.7 Å². The number of hydrogen-bond donors (Lipinski definition) is 1. The van der Waals surface area contributed by atoms with Gasteiger partial charge in [0.25, 0.3) is 0 Å². The first-order valence-electron chi connectivity index (χ1n) is 4.49. The van der Waals surface area contributed by atoms with Crippen LogP contribution in [0.3, 0.4) is 0 Å². The van der Waals surface area contributed by atoms with Gasteiger partial charge in [-0.05, 0) is 43.0 Å². The molecule has 0 heterocycles. The Morgan fingerprint density at radius 2 is 1.85 bits per heavy atom. The van der Waals surface area contributed by atoms with E-state index in [4.69, 9.17) is 5.11 Å². The van der Waals surface area contributed by atoms with Crippen molar-refractivity contribution in [1.29, 1.82) is 0 Å². The van der Waals surface area contributed by atoms with Gasteiger partial charge in [-0.1, -0.05) is 24.3 Å². The van der Waals surface area contributed by atoms with Crippen LogP contribution in [0.2, 0.25) is 0 Å². The van der Waals surface area contributed by atoms with E-state index in [-0.39, 0.29) is 6.61 Å². The third kappa shape index (κ3) is 2.43. The van der Waals surface area contributed by atoms with Crippen LogP contribution in [0.5, 0.6) is 0 Å². The minimum Gasteiger partial charge on any atom is -0.392 e. The number of rotatable bonds is 2. The van der Waals surface area contributed by atoms with E-state index < -0.39 is 0 Å². The van der Waals surface area contributed by atoms with Crippen molar-refractivity contribution in [2.75, 3.05) is 6.61 Å². The maximum Gasteiger partial charge on any atom is 0.0642 e. The maximum absolute atomic E-state index is 8.91. The summed E-state index contributed by atoms with van der Waals surface area (Å²) in [5.41, 5.74) is 4.74. The van der Waals surface area contributed by atoms with E-state index in [1.807, 2.05) is 13.0 Å². The Bertz CT molecular complexity index is 304. The lowest BCUT2D eigenvalue weighted by atomic mass is 10.0. The number of hydrogen-bond acceptors (Lipinski definition) is 1. The molecule has 13 heavy (non-hydrogen) atoms. The minimum absolute atomic E-state index is 0.133. The summed E-state index contributed by atoms with van der Waals surface area (Å²) in [5.74, 6) is 0. The molecule has 0 aliphatic carbocycles. The highest BCUT2D eigenvalue weighted by molar-refractivity contribution is 5.59. The molecule has 1 nitrogen and oxygen atoms in total. The average Bonchev–Trinajstić information content (AvgIpc) is 2.11. The van der Waals surface area contributed by atoms with Gasteiger partial charge < -0.3 is 5.11 Å². The molecular weight excluding hydrogens is 160 g/mol. The molecule has 0 bridgehead atoms. The van der Waals surface area contributed by atoms with Crippen LogP contribution in [0.4, 0.5) is 0 Å². The molecule has 0 spiro atoms. The Balaban J connectivity index is 3.14. The third-order valence-corrected chi connectivity index (χ3v) is 2.18. The summed E-state index contributed by atoms with van der Waals surface area (Å²) in [4.78, 5) is 0. The Morgan fingerprint density at radius 3 is 2.31 bits per heavy atom. The van der Waals surface area contributed by atoms with E-state index >= 15 is 0 Å². The Morgan fingerprint density at radius 1 is 1.31 bits per heavy atom. The molecule has 1 aromatic rings. The van der Waals surface area contributed by atoms with E-state index in [0.29, 0.717) is 0 Å². The molecule has 0 radical (unpaired) electrons. The van der Waals surface area contributed by atoms with Gasteiger partial charge in [0.2, 0.25) is 0 Å². The highest BCUT2D eigenvalue weighted by atomic mass is 16.3. The van der Waals surface area contributed by atoms with Gasteiger partial charge in [0.05, 0.1) is 6.61 Å². The lowest BCUT2D eigenvalue weighted by Crippen LogP contribution is -1.89. The molecule has 1 heteroatoms. The topological polar surface area (TPSA) is 20.2 Å². The first-order valence-corrected chi connectivity index (χ1v) is 4.49. The maximum atomic E-state index is 8.91. The van der Waals surface area contributed by atoms with Gasteiger partial charge in [0, 0.05) is 0 Å². The van der Waals surface area contributed by atoms with Crippen LogP contribution in [0.1, 0.15) is 23.6 Å². The van der Waals surface area contributed by atoms with Crippen LogP contribution in [-0.2, 0) is 0 Å². The molecule has 0 aliphatic heterocycles. The SMILES string of the molecule is C/C(=C/c1c(C)cccc1C)CO. The summed E-state index contributed by atoms with van der Waals surface area (Å²) in [6, 6.07) is 6.23. The van der Waals surface area contributed by atoms with Crippen molar-refractivity contribution in [3.05, 3.63) is 40.5 Å². The van der Waals surface area contributed by atoms with E-state index in [9.17, 15) is 0 Å². The average molecular weight is 176 g/mol. The Labute approximate surface area is 79.7 Å². The predicted molar refractivity (Wildman–Crippen MR) is 56.7 cm³/mol. The molecule has 70 valence electrons. The van der Waals surface area contributed by atoms with Gasteiger partial charge in [-0.2, -0.15) is 0 Å². The summed E-state index contributed by atoms with van der Waals surface area (Å²) in [5, 5.41) is 8.91. The van der Waals surface area contributed by atoms with Gasteiger partial charge in [0.15, 0.2) is 0 Å². The molecule has 1 N–H and O–H groups in total. The molecule has 0 aliphatic rings. The third-order valence-electron chi connectivity index (χ3n) is 2.18. The molecule has 0 atom stereocenters. The first kappa shape index (κ1) is 10.0. The van der Waals surface area contributed by atoms with Crippen LogP contribution in [0.25, 0.3) is 6.08 Å². The van der Waals surface area contributed by atoms with E-state index in [0.717, 1.165) is 5.57 Å². The van der Waals surface area contributed by atoms with Crippen molar-refractivity contribution in [3.8, 4) is 0 Å². The number of aliphatic hydroxyl groups is 1. The van der Waals surface area contributed by atoms with Crippen molar-refractivity contribution in [1.82, 2.24) is 0 Å². The van der Waals surface area contributed by atoms with Crippen LogP contribution < -0.4 is 0 Å². The number of aliphatic hydroxyl groups excluding tert-OH is 1. The van der Waals surface area contributed by atoms with Crippen LogP contribution in [-0.4, -0.2) is 11.7 Å². The fourth-order valence-corrected chi connectivity index (χ4v) is 1.35. The molecule has 0 amide bonds. The van der Waals surface area contributed by atoms with Gasteiger partial charge in [-0.3, -0.25) is 0 Å². The van der Waals surface area contributed by atoms with Crippen molar-refractivity contribution >= 4 is 6.08 Å². The Hall–Kier alpha value is -1.08. The number of benzene rings is 1. The highest BCUT2D eigenvalue weighted by Crippen LogP contribution is 2.16. The highest BCUT2D eigenvalue weighted by Gasteiger charge is 1.98. The normalized spacial score (nSPS) is 11.8. The second kappa shape index (κ2) is 4.24. The lowest BCUT2D eigenvalue weighted by molar-refractivity contribution is 0.332. The monoisotopic (exact) mass is 176 g/mol. The summed E-state index contributed by atoms with van der Waals surface area (Å²) < 4.78 is 0. The van der Waals surface area contributed by atoms with Gasteiger partial charge in [-0.15, -0.1) is 0 Å². The summed E-state index contributed by atoms with van der Waals surface area (Å²) >= 11 is 0. The predicted octanol–water partition coefficient (Wildman–Crippen LogP) is 2.70. The fraction of sp³-hybridized carbons (Fsp3) is 0.333. The Kier molecular flexibility index (Phi) is 3.26. The van der Waals surface area contributed by atoms with Crippen molar-refractivity contribution in [2.45, 2.75) is 20.8 Å². The largest absolute Gasteiger partial charge is 0.392 e. The summed E-state index contributed by atoms with van der Waals surface area (Å²) in [7, 11) is 0. The minimum atomic E-state index is 0.133. The first-order chi connectivity index (χ1) is 6.15. The van der Waals surface area contributed by atoms with Gasteiger partial charge >= 0.3 is 0 Å². The molecule has 1 aromatic carbocycles. The summed E-state index contributed by atoms with van der Waals surface area (Å²) in [6.45, 7) is 6.24. The smallest absolute Gasteiger partial charge is 0.0642 e. The quantitative estimate of drug-likeness (QED) is 0.734. The van der Waals surface area contributed by atoms with Gasteiger partial charge in [-0.25, -0.2) is 0 Å². The zero-order valence-electron chi connectivity index (χ0n) is 8.46. The van der Waals surface area contributed by atoms with E-state index in [2.05, 4.69) is 32.0 Å². The van der Waals surface area contributed by atoms with Gasteiger partial charge in [0.1, 0.15) is 0 Å². The molecule has 0 fully saturated rings. The van der Waals surface area contributed by atoms with Crippen molar-refractivity contribution < 1.29 is 5.11 Å². The zero-order valence-corrected chi connectivity index (χ0v) is 8.46.